The first-order valence-corrected chi connectivity index (χ1v) is 5.17. The maximum atomic E-state index is 11.8. The van der Waals surface area contributed by atoms with Crippen LogP contribution in [0.4, 0.5) is 11.6 Å². The highest BCUT2D eigenvalue weighted by atomic mass is 35.5. The normalized spacial score (nSPS) is 9.94. The van der Waals surface area contributed by atoms with Crippen LogP contribution in [0.1, 0.15) is 10.4 Å². The molecule has 0 atom stereocenters. The molecule has 86 valence electrons. The third kappa shape index (κ3) is 2.92. The molecule has 0 fully saturated rings. The van der Waals surface area contributed by atoms with E-state index in [0.717, 1.165) is 0 Å². The fraction of sp³-hybridized carbons (Fsp3) is 0. The molecule has 3 N–H and O–H groups in total. The highest BCUT2D eigenvalue weighted by Crippen LogP contribution is 2.17. The van der Waals surface area contributed by atoms with Crippen molar-refractivity contribution in [3.05, 3.63) is 47.2 Å². The van der Waals surface area contributed by atoms with E-state index < -0.39 is 0 Å². The smallest absolute Gasteiger partial charge is 0.258 e. The average molecular weight is 249 g/mol. The highest BCUT2D eigenvalue weighted by Gasteiger charge is 2.08. The van der Waals surface area contributed by atoms with Gasteiger partial charge >= 0.3 is 0 Å². The van der Waals surface area contributed by atoms with Crippen molar-refractivity contribution in [1.82, 2.24) is 9.97 Å². The molecule has 0 aliphatic heterocycles. The minimum absolute atomic E-state index is 0.232. The summed E-state index contributed by atoms with van der Waals surface area (Å²) in [5, 5.41) is 2.94. The molecule has 6 heteroatoms. The summed E-state index contributed by atoms with van der Waals surface area (Å²) < 4.78 is 0. The van der Waals surface area contributed by atoms with Gasteiger partial charge in [0.05, 0.1) is 0 Å². The van der Waals surface area contributed by atoms with Crippen molar-refractivity contribution in [1.29, 1.82) is 0 Å². The summed E-state index contributed by atoms with van der Waals surface area (Å²) in [5.74, 6) is -0.124. The lowest BCUT2D eigenvalue weighted by Gasteiger charge is -2.04. The van der Waals surface area contributed by atoms with E-state index in [1.807, 2.05) is 0 Å². The van der Waals surface area contributed by atoms with E-state index in [1.165, 1.54) is 24.5 Å². The molecule has 2 aromatic rings. The maximum Gasteiger partial charge on any atom is 0.258 e. The molecule has 0 unspecified atom stereocenters. The molecule has 0 saturated carbocycles. The summed E-state index contributed by atoms with van der Waals surface area (Å²) in [6, 6.07) is 6.28. The molecule has 0 aliphatic rings. The fourth-order valence-electron chi connectivity index (χ4n) is 1.28. The maximum absolute atomic E-state index is 11.8. The Morgan fingerprint density at radius 2 is 1.94 bits per heavy atom. The zero-order valence-electron chi connectivity index (χ0n) is 8.72. The summed E-state index contributed by atoms with van der Waals surface area (Å²) in [6.07, 6.45) is 3.07. The van der Waals surface area contributed by atoms with Crippen LogP contribution in [-0.4, -0.2) is 15.9 Å². The molecule has 1 heterocycles. The first-order chi connectivity index (χ1) is 8.15. The monoisotopic (exact) mass is 248 g/mol. The molecule has 0 saturated heterocycles. The Balaban J connectivity index is 2.20. The number of aromatic nitrogens is 2. The molecule has 2 rings (SSSR count). The Hall–Kier alpha value is -2.14. The van der Waals surface area contributed by atoms with Crippen LogP contribution < -0.4 is 11.1 Å². The number of nitrogen functional groups attached to an aromatic ring is 1. The Bertz CT molecular complexity index is 524. The summed E-state index contributed by atoms with van der Waals surface area (Å²) in [7, 11) is 0. The molecule has 5 nitrogen and oxygen atoms in total. The van der Waals surface area contributed by atoms with Crippen LogP contribution in [0.15, 0.2) is 36.7 Å². The van der Waals surface area contributed by atoms with Crippen LogP contribution in [0, 0.1) is 0 Å². The number of halogens is 1. The van der Waals surface area contributed by atoms with E-state index in [9.17, 15) is 4.79 Å². The van der Waals surface area contributed by atoms with Crippen molar-refractivity contribution in [2.24, 2.45) is 0 Å². The van der Waals surface area contributed by atoms with Gasteiger partial charge in [0.15, 0.2) is 0 Å². The van der Waals surface area contributed by atoms with Crippen molar-refractivity contribution in [3.63, 3.8) is 0 Å². The van der Waals surface area contributed by atoms with Crippen LogP contribution in [0.25, 0.3) is 0 Å². The van der Waals surface area contributed by atoms with Gasteiger partial charge in [-0.3, -0.25) is 10.1 Å². The number of carbonyl (C=O) groups excluding carboxylic acids is 1. The number of hydrogen-bond donors (Lipinski definition) is 2. The number of amides is 1. The number of nitrogens with one attached hydrogen (secondary N) is 1. The van der Waals surface area contributed by atoms with Crippen molar-refractivity contribution >= 4 is 29.1 Å². The molecule has 1 aromatic carbocycles. The standard InChI is InChI=1S/C11H9ClN4O/c12-8-4-7(5-9(13)6-8)10(17)16-11-14-2-1-3-15-11/h1-6H,13H2,(H,14,15,16,17). The van der Waals surface area contributed by atoms with Crippen molar-refractivity contribution in [2.45, 2.75) is 0 Å². The predicted molar refractivity (Wildman–Crippen MR) is 65.8 cm³/mol. The van der Waals surface area contributed by atoms with E-state index in [2.05, 4.69) is 15.3 Å². The number of rotatable bonds is 2. The lowest BCUT2D eigenvalue weighted by atomic mass is 10.2. The molecule has 1 aromatic heterocycles. The molecule has 1 amide bonds. The second-order valence-electron chi connectivity index (χ2n) is 3.30. The SMILES string of the molecule is Nc1cc(Cl)cc(C(=O)Nc2ncccn2)c1. The second kappa shape index (κ2) is 4.80. The van der Waals surface area contributed by atoms with Gasteiger partial charge in [0.1, 0.15) is 0 Å². The largest absolute Gasteiger partial charge is 0.399 e. The van der Waals surface area contributed by atoms with Crippen LogP contribution in [0.5, 0.6) is 0 Å². The van der Waals surface area contributed by atoms with Crippen molar-refractivity contribution < 1.29 is 4.79 Å². The van der Waals surface area contributed by atoms with E-state index in [0.29, 0.717) is 16.3 Å². The number of nitrogens with two attached hydrogens (primary N) is 1. The summed E-state index contributed by atoms with van der Waals surface area (Å²) in [6.45, 7) is 0. The Kier molecular flexibility index (Phi) is 3.20. The van der Waals surface area contributed by atoms with Gasteiger partial charge in [-0.25, -0.2) is 9.97 Å². The number of anilines is 2. The minimum Gasteiger partial charge on any atom is -0.399 e. The average Bonchev–Trinajstić information content (AvgIpc) is 2.29. The van der Waals surface area contributed by atoms with E-state index in [4.69, 9.17) is 17.3 Å². The van der Waals surface area contributed by atoms with Gasteiger partial charge in [-0.05, 0) is 24.3 Å². The quantitative estimate of drug-likeness (QED) is 0.796. The van der Waals surface area contributed by atoms with Gasteiger partial charge in [-0.2, -0.15) is 0 Å². The fourth-order valence-corrected chi connectivity index (χ4v) is 1.52. The van der Waals surface area contributed by atoms with Crippen LogP contribution >= 0.6 is 11.6 Å². The van der Waals surface area contributed by atoms with Crippen LogP contribution in [0.3, 0.4) is 0 Å². The Morgan fingerprint density at radius 3 is 2.59 bits per heavy atom. The number of benzene rings is 1. The van der Waals surface area contributed by atoms with Crippen LogP contribution in [-0.2, 0) is 0 Å². The van der Waals surface area contributed by atoms with E-state index in [1.54, 1.807) is 12.1 Å². The minimum atomic E-state index is -0.356. The predicted octanol–water partition coefficient (Wildman–Crippen LogP) is 1.96. The number of nitrogens with zero attached hydrogens (tertiary/aromatic N) is 2. The molecule has 0 aliphatic carbocycles. The molecular weight excluding hydrogens is 240 g/mol. The Morgan fingerprint density at radius 1 is 1.24 bits per heavy atom. The summed E-state index contributed by atoms with van der Waals surface area (Å²) in [5.41, 5.74) is 6.39. The number of carbonyl (C=O) groups is 1. The lowest BCUT2D eigenvalue weighted by molar-refractivity contribution is 0.102. The Labute approximate surface area is 103 Å². The zero-order valence-corrected chi connectivity index (χ0v) is 9.48. The van der Waals surface area contributed by atoms with Crippen molar-refractivity contribution in [2.75, 3.05) is 11.1 Å². The topological polar surface area (TPSA) is 80.9 Å². The first kappa shape index (κ1) is 11.3. The van der Waals surface area contributed by atoms with Gasteiger partial charge < -0.3 is 5.73 Å². The van der Waals surface area contributed by atoms with Gasteiger partial charge in [-0.1, -0.05) is 11.6 Å². The zero-order chi connectivity index (χ0) is 12.3. The van der Waals surface area contributed by atoms with Gasteiger partial charge in [0, 0.05) is 28.7 Å². The second-order valence-corrected chi connectivity index (χ2v) is 3.74. The molecule has 0 radical (unpaired) electrons. The first-order valence-electron chi connectivity index (χ1n) is 4.79. The van der Waals surface area contributed by atoms with Gasteiger partial charge in [-0.15, -0.1) is 0 Å². The highest BCUT2D eigenvalue weighted by molar-refractivity contribution is 6.31. The molecule has 0 spiro atoms. The van der Waals surface area contributed by atoms with E-state index in [-0.39, 0.29) is 11.9 Å². The number of hydrogen-bond acceptors (Lipinski definition) is 4. The van der Waals surface area contributed by atoms with Gasteiger partial charge in [0.25, 0.3) is 5.91 Å². The van der Waals surface area contributed by atoms with E-state index >= 15 is 0 Å². The third-order valence-corrected chi connectivity index (χ3v) is 2.19. The molecule has 17 heavy (non-hydrogen) atoms. The lowest BCUT2D eigenvalue weighted by Crippen LogP contribution is -2.14. The van der Waals surface area contributed by atoms with Gasteiger partial charge in [0.2, 0.25) is 5.95 Å². The molecule has 0 bridgehead atoms. The summed E-state index contributed by atoms with van der Waals surface area (Å²) in [4.78, 5) is 19.6. The summed E-state index contributed by atoms with van der Waals surface area (Å²) >= 11 is 5.81. The van der Waals surface area contributed by atoms with Crippen LogP contribution in [0.2, 0.25) is 5.02 Å². The van der Waals surface area contributed by atoms with Crippen molar-refractivity contribution in [3.8, 4) is 0 Å². The molecular formula is C11H9ClN4O. The third-order valence-electron chi connectivity index (χ3n) is 1.97.